The summed E-state index contributed by atoms with van der Waals surface area (Å²) in [7, 11) is 0. The van der Waals surface area contributed by atoms with Crippen LogP contribution in [0.5, 0.6) is 0 Å². The maximum absolute atomic E-state index is 11.3. The maximum atomic E-state index is 11.3. The van der Waals surface area contributed by atoms with Gasteiger partial charge in [0.2, 0.25) is 0 Å². The molecular formula is C17H22N4O2. The molecule has 1 unspecified atom stereocenters. The summed E-state index contributed by atoms with van der Waals surface area (Å²) < 4.78 is 5.85. The number of hydrogen-bond donors (Lipinski definition) is 1. The fourth-order valence-corrected chi connectivity index (χ4v) is 2.92. The number of H-pyrrole nitrogens is 1. The fraction of sp³-hybridized carbons (Fsp3) is 0.471. The second kappa shape index (κ2) is 7.48. The van der Waals surface area contributed by atoms with Crippen LogP contribution in [0, 0.1) is 6.92 Å². The van der Waals surface area contributed by atoms with Crippen molar-refractivity contribution >= 4 is 0 Å². The average molecular weight is 314 g/mol. The first-order valence-corrected chi connectivity index (χ1v) is 7.97. The highest BCUT2D eigenvalue weighted by Crippen LogP contribution is 2.14. The van der Waals surface area contributed by atoms with Crippen molar-refractivity contribution in [2.24, 2.45) is 0 Å². The Balaban J connectivity index is 1.52. The molecule has 1 aliphatic rings. The Labute approximate surface area is 135 Å². The molecule has 1 saturated heterocycles. The van der Waals surface area contributed by atoms with E-state index in [1.165, 1.54) is 17.5 Å². The second-order valence-corrected chi connectivity index (χ2v) is 6.04. The SMILES string of the molecule is Cc1cncc(CN2CCOC(CCc3cc(=O)[nH]cn3)C2)c1. The van der Waals surface area contributed by atoms with Gasteiger partial charge in [-0.15, -0.1) is 0 Å². The fourth-order valence-electron chi connectivity index (χ4n) is 2.92. The van der Waals surface area contributed by atoms with Gasteiger partial charge in [-0.25, -0.2) is 4.98 Å². The topological polar surface area (TPSA) is 71.1 Å². The van der Waals surface area contributed by atoms with Crippen LogP contribution in [0.2, 0.25) is 0 Å². The van der Waals surface area contributed by atoms with Crippen LogP contribution in [-0.2, 0) is 17.7 Å². The molecule has 2 aromatic heterocycles. The summed E-state index contributed by atoms with van der Waals surface area (Å²) in [5, 5.41) is 0. The van der Waals surface area contributed by atoms with Crippen LogP contribution in [-0.4, -0.2) is 45.7 Å². The van der Waals surface area contributed by atoms with Crippen LogP contribution < -0.4 is 5.56 Å². The number of ether oxygens (including phenoxy) is 1. The van der Waals surface area contributed by atoms with Crippen molar-refractivity contribution in [1.29, 1.82) is 0 Å². The normalized spacial score (nSPS) is 18.9. The van der Waals surface area contributed by atoms with Crippen molar-refractivity contribution < 1.29 is 4.74 Å². The molecule has 1 aliphatic heterocycles. The summed E-state index contributed by atoms with van der Waals surface area (Å²) in [5.74, 6) is 0. The molecule has 6 heteroatoms. The Morgan fingerprint density at radius 2 is 2.30 bits per heavy atom. The van der Waals surface area contributed by atoms with E-state index in [0.29, 0.717) is 0 Å². The van der Waals surface area contributed by atoms with Crippen molar-refractivity contribution in [3.63, 3.8) is 0 Å². The number of aromatic nitrogens is 3. The van der Waals surface area contributed by atoms with E-state index in [0.717, 1.165) is 44.8 Å². The molecule has 3 rings (SSSR count). The van der Waals surface area contributed by atoms with Crippen molar-refractivity contribution in [2.75, 3.05) is 19.7 Å². The number of rotatable bonds is 5. The van der Waals surface area contributed by atoms with Gasteiger partial charge in [-0.3, -0.25) is 14.7 Å². The molecule has 0 spiro atoms. The van der Waals surface area contributed by atoms with E-state index >= 15 is 0 Å². The number of pyridine rings is 1. The van der Waals surface area contributed by atoms with E-state index < -0.39 is 0 Å². The zero-order chi connectivity index (χ0) is 16.1. The number of nitrogens with one attached hydrogen (secondary N) is 1. The Morgan fingerprint density at radius 1 is 1.39 bits per heavy atom. The lowest BCUT2D eigenvalue weighted by Crippen LogP contribution is -2.42. The summed E-state index contributed by atoms with van der Waals surface area (Å²) >= 11 is 0. The minimum Gasteiger partial charge on any atom is -0.376 e. The summed E-state index contributed by atoms with van der Waals surface area (Å²) in [4.78, 5) is 24.7. The molecule has 1 atom stereocenters. The van der Waals surface area contributed by atoms with Crippen LogP contribution in [0.25, 0.3) is 0 Å². The number of nitrogens with zero attached hydrogens (tertiary/aromatic N) is 3. The molecule has 23 heavy (non-hydrogen) atoms. The lowest BCUT2D eigenvalue weighted by molar-refractivity contribution is -0.0347. The Kier molecular flexibility index (Phi) is 5.15. The van der Waals surface area contributed by atoms with Crippen molar-refractivity contribution in [3.05, 3.63) is 58.0 Å². The van der Waals surface area contributed by atoms with Crippen LogP contribution in [0.3, 0.4) is 0 Å². The number of aryl methyl sites for hydroxylation is 2. The molecule has 3 heterocycles. The summed E-state index contributed by atoms with van der Waals surface area (Å²) in [5.41, 5.74) is 3.14. The van der Waals surface area contributed by atoms with Crippen LogP contribution in [0.1, 0.15) is 23.2 Å². The highest BCUT2D eigenvalue weighted by molar-refractivity contribution is 5.16. The Hall–Kier alpha value is -2.05. The highest BCUT2D eigenvalue weighted by atomic mass is 16.5. The minimum atomic E-state index is -0.104. The van der Waals surface area contributed by atoms with E-state index in [4.69, 9.17) is 4.74 Å². The van der Waals surface area contributed by atoms with Crippen LogP contribution in [0.15, 0.2) is 35.6 Å². The molecule has 0 aliphatic carbocycles. The Morgan fingerprint density at radius 3 is 3.13 bits per heavy atom. The van der Waals surface area contributed by atoms with E-state index in [1.54, 1.807) is 6.07 Å². The summed E-state index contributed by atoms with van der Waals surface area (Å²) in [6.45, 7) is 5.54. The van der Waals surface area contributed by atoms with Gasteiger partial charge in [0.25, 0.3) is 5.56 Å². The standard InChI is InChI=1S/C17H22N4O2/c1-13-6-14(9-18-8-13)10-21-4-5-23-16(11-21)3-2-15-7-17(22)20-12-19-15/h6-9,12,16H,2-5,10-11H2,1H3,(H,19,20,22). The third-order valence-corrected chi connectivity index (χ3v) is 4.02. The molecule has 0 saturated carbocycles. The van der Waals surface area contributed by atoms with Gasteiger partial charge in [-0.2, -0.15) is 0 Å². The number of aromatic amines is 1. The van der Waals surface area contributed by atoms with Gasteiger partial charge in [0, 0.05) is 43.8 Å². The van der Waals surface area contributed by atoms with Gasteiger partial charge in [0.1, 0.15) is 0 Å². The van der Waals surface area contributed by atoms with E-state index in [9.17, 15) is 4.79 Å². The zero-order valence-corrected chi connectivity index (χ0v) is 13.4. The van der Waals surface area contributed by atoms with E-state index in [2.05, 4.69) is 32.8 Å². The molecule has 0 bridgehead atoms. The maximum Gasteiger partial charge on any atom is 0.250 e. The van der Waals surface area contributed by atoms with Gasteiger partial charge in [0.05, 0.1) is 19.0 Å². The van der Waals surface area contributed by atoms with Crippen LogP contribution in [0.4, 0.5) is 0 Å². The van der Waals surface area contributed by atoms with Crippen molar-refractivity contribution in [1.82, 2.24) is 19.9 Å². The van der Waals surface area contributed by atoms with Crippen molar-refractivity contribution in [2.45, 2.75) is 32.4 Å². The first-order valence-electron chi connectivity index (χ1n) is 7.97. The van der Waals surface area contributed by atoms with E-state index in [1.807, 2.05) is 12.4 Å². The van der Waals surface area contributed by atoms with Crippen molar-refractivity contribution in [3.8, 4) is 0 Å². The zero-order valence-electron chi connectivity index (χ0n) is 13.4. The smallest absolute Gasteiger partial charge is 0.250 e. The van der Waals surface area contributed by atoms with E-state index in [-0.39, 0.29) is 11.7 Å². The first kappa shape index (κ1) is 15.8. The second-order valence-electron chi connectivity index (χ2n) is 6.04. The van der Waals surface area contributed by atoms with Gasteiger partial charge in [-0.1, -0.05) is 6.07 Å². The molecule has 1 N–H and O–H groups in total. The molecule has 0 radical (unpaired) electrons. The lowest BCUT2D eigenvalue weighted by atomic mass is 10.1. The predicted octanol–water partition coefficient (Wildman–Crippen LogP) is 1.31. The van der Waals surface area contributed by atoms with Crippen LogP contribution >= 0.6 is 0 Å². The predicted molar refractivity (Wildman–Crippen MR) is 87.2 cm³/mol. The molecule has 0 amide bonds. The third-order valence-electron chi connectivity index (χ3n) is 4.02. The number of morpholine rings is 1. The van der Waals surface area contributed by atoms with Gasteiger partial charge in [-0.05, 0) is 30.9 Å². The third kappa shape index (κ3) is 4.71. The molecular weight excluding hydrogens is 292 g/mol. The average Bonchev–Trinajstić information content (AvgIpc) is 2.53. The molecule has 1 fully saturated rings. The Bertz CT molecular complexity index is 701. The van der Waals surface area contributed by atoms with Gasteiger partial charge >= 0.3 is 0 Å². The largest absolute Gasteiger partial charge is 0.376 e. The molecule has 0 aromatic carbocycles. The monoisotopic (exact) mass is 314 g/mol. The molecule has 6 nitrogen and oxygen atoms in total. The number of hydrogen-bond acceptors (Lipinski definition) is 5. The highest BCUT2D eigenvalue weighted by Gasteiger charge is 2.20. The minimum absolute atomic E-state index is 0.104. The quantitative estimate of drug-likeness (QED) is 0.901. The lowest BCUT2D eigenvalue weighted by Gasteiger charge is -2.33. The molecule has 2 aromatic rings. The summed E-state index contributed by atoms with van der Waals surface area (Å²) in [6.07, 6.45) is 7.07. The van der Waals surface area contributed by atoms with Gasteiger partial charge < -0.3 is 9.72 Å². The molecule has 122 valence electrons. The first-order chi connectivity index (χ1) is 11.2. The summed E-state index contributed by atoms with van der Waals surface area (Å²) in [6, 6.07) is 3.73. The van der Waals surface area contributed by atoms with Gasteiger partial charge in [0.15, 0.2) is 0 Å².